The molecule has 1 saturated carbocycles. The third kappa shape index (κ3) is 6.12. The average molecular weight is 584 g/mol. The number of methoxy groups -OCH3 is 1. The Hall–Kier alpha value is -4.27. The van der Waals surface area contributed by atoms with Crippen LogP contribution in [0.5, 0.6) is 5.75 Å². The van der Waals surface area contributed by atoms with Crippen LogP contribution < -0.4 is 31.1 Å². The zero-order valence-corrected chi connectivity index (χ0v) is 25.1. The van der Waals surface area contributed by atoms with E-state index in [1.54, 1.807) is 31.4 Å². The van der Waals surface area contributed by atoms with Crippen LogP contribution >= 0.6 is 0 Å². The zero-order chi connectivity index (χ0) is 30.1. The molecule has 6 rings (SSSR count). The average Bonchev–Trinajstić information content (AvgIpc) is 3.00. The van der Waals surface area contributed by atoms with Gasteiger partial charge < -0.3 is 30.2 Å². The van der Waals surface area contributed by atoms with Crippen LogP contribution in [0, 0.1) is 17.8 Å². The number of nitrogens with one attached hydrogen (secondary N) is 3. The first-order valence-corrected chi connectivity index (χ1v) is 15.4. The summed E-state index contributed by atoms with van der Waals surface area (Å²) in [5.74, 6) is 2.00. The van der Waals surface area contributed by atoms with E-state index in [2.05, 4.69) is 34.7 Å². The van der Waals surface area contributed by atoms with Crippen molar-refractivity contribution >= 4 is 29.0 Å². The molecule has 1 aromatic heterocycles. The van der Waals surface area contributed by atoms with Gasteiger partial charge in [-0.2, -0.15) is 0 Å². The molecule has 9 heteroatoms. The van der Waals surface area contributed by atoms with Crippen molar-refractivity contribution in [3.05, 3.63) is 82.3 Å². The van der Waals surface area contributed by atoms with Crippen LogP contribution in [0.1, 0.15) is 61.5 Å². The Morgan fingerprint density at radius 2 is 1.77 bits per heavy atom. The summed E-state index contributed by atoms with van der Waals surface area (Å²) in [7, 11) is 1.58. The summed E-state index contributed by atoms with van der Waals surface area (Å²) in [5.41, 5.74) is 3.66. The number of hydrogen-bond donors (Lipinski definition) is 3. The van der Waals surface area contributed by atoms with Gasteiger partial charge in [-0.3, -0.25) is 9.59 Å². The molecule has 2 fully saturated rings. The maximum absolute atomic E-state index is 13.5. The third-order valence-electron chi connectivity index (χ3n) is 9.68. The summed E-state index contributed by atoms with van der Waals surface area (Å²) in [4.78, 5) is 41.6. The molecule has 226 valence electrons. The van der Waals surface area contributed by atoms with Gasteiger partial charge in [-0.25, -0.2) is 4.79 Å². The van der Waals surface area contributed by atoms with E-state index in [4.69, 9.17) is 4.74 Å². The van der Waals surface area contributed by atoms with Crippen molar-refractivity contribution in [1.82, 2.24) is 9.88 Å². The first-order valence-electron chi connectivity index (χ1n) is 15.4. The van der Waals surface area contributed by atoms with E-state index in [1.807, 2.05) is 41.0 Å². The molecule has 3 aromatic rings. The van der Waals surface area contributed by atoms with E-state index in [9.17, 15) is 14.4 Å². The lowest BCUT2D eigenvalue weighted by Gasteiger charge is -2.44. The Kier molecular flexibility index (Phi) is 8.15. The maximum atomic E-state index is 13.5. The van der Waals surface area contributed by atoms with Gasteiger partial charge in [0.1, 0.15) is 5.75 Å². The summed E-state index contributed by atoms with van der Waals surface area (Å²) in [5, 5.41) is 9.20. The van der Waals surface area contributed by atoms with E-state index in [0.29, 0.717) is 47.0 Å². The third-order valence-corrected chi connectivity index (χ3v) is 9.68. The second-order valence-corrected chi connectivity index (χ2v) is 12.5. The summed E-state index contributed by atoms with van der Waals surface area (Å²) in [6.45, 7) is 6.62. The minimum Gasteiger partial charge on any atom is -0.497 e. The number of carbonyl (C=O) groups is 2. The topological polar surface area (TPSA) is 105 Å². The number of hydrogen-bond acceptors (Lipinski definition) is 5. The van der Waals surface area contributed by atoms with Gasteiger partial charge in [0, 0.05) is 60.7 Å². The van der Waals surface area contributed by atoms with Crippen molar-refractivity contribution in [2.45, 2.75) is 58.0 Å². The number of pyridine rings is 1. The van der Waals surface area contributed by atoms with Gasteiger partial charge in [0.2, 0.25) is 0 Å². The molecule has 1 aliphatic carbocycles. The van der Waals surface area contributed by atoms with Crippen LogP contribution in [0.3, 0.4) is 0 Å². The summed E-state index contributed by atoms with van der Waals surface area (Å²) < 4.78 is 7.21. The number of fused-ring (bicyclic) bond motifs is 4. The van der Waals surface area contributed by atoms with Gasteiger partial charge in [-0.1, -0.05) is 38.8 Å². The summed E-state index contributed by atoms with van der Waals surface area (Å²) in [6, 6.07) is 18.0. The van der Waals surface area contributed by atoms with Crippen molar-refractivity contribution in [2.75, 3.05) is 35.7 Å². The Morgan fingerprint density at radius 3 is 2.60 bits per heavy atom. The molecular weight excluding hydrogens is 542 g/mol. The zero-order valence-electron chi connectivity index (χ0n) is 25.1. The van der Waals surface area contributed by atoms with Crippen LogP contribution in [0.4, 0.5) is 21.9 Å². The quantitative estimate of drug-likeness (QED) is 0.346. The fourth-order valence-corrected chi connectivity index (χ4v) is 7.17. The molecule has 2 aromatic carbocycles. The highest BCUT2D eigenvalue weighted by atomic mass is 16.5. The monoisotopic (exact) mass is 583 g/mol. The number of urea groups is 1. The lowest BCUT2D eigenvalue weighted by molar-refractivity contribution is 0.0891. The summed E-state index contributed by atoms with van der Waals surface area (Å²) in [6.07, 6.45) is 4.30. The molecule has 2 bridgehead atoms. The molecule has 0 radical (unpaired) electrons. The number of rotatable bonds is 6. The normalized spacial score (nSPS) is 24.4. The second kappa shape index (κ2) is 12.1. The van der Waals surface area contributed by atoms with Gasteiger partial charge in [0.25, 0.3) is 11.5 Å². The highest BCUT2D eigenvalue weighted by molar-refractivity contribution is 6.04. The molecule has 0 spiro atoms. The highest BCUT2D eigenvalue weighted by Crippen LogP contribution is 2.39. The van der Waals surface area contributed by atoms with Gasteiger partial charge >= 0.3 is 6.03 Å². The molecule has 0 unspecified atom stereocenters. The van der Waals surface area contributed by atoms with Crippen molar-refractivity contribution in [3.63, 3.8) is 0 Å². The largest absolute Gasteiger partial charge is 0.497 e. The van der Waals surface area contributed by atoms with Crippen molar-refractivity contribution in [3.8, 4) is 5.75 Å². The first-order chi connectivity index (χ1) is 20.8. The maximum Gasteiger partial charge on any atom is 0.323 e. The van der Waals surface area contributed by atoms with Crippen molar-refractivity contribution < 1.29 is 14.3 Å². The Bertz CT molecular complexity index is 1570. The number of carbonyl (C=O) groups excluding carboxylic acids is 2. The fourth-order valence-electron chi connectivity index (χ4n) is 7.17. The number of benzene rings is 2. The molecule has 9 nitrogen and oxygen atoms in total. The number of piperidine rings is 1. The first kappa shape index (κ1) is 28.8. The molecule has 5 atom stereocenters. The Morgan fingerprint density at radius 1 is 0.930 bits per heavy atom. The predicted molar refractivity (Wildman–Crippen MR) is 169 cm³/mol. The number of ether oxygens (including phenoxy) is 1. The molecule has 1 saturated heterocycles. The molecule has 3 amide bonds. The lowest BCUT2D eigenvalue weighted by Crippen LogP contribution is -2.47. The molecule has 3 heterocycles. The van der Waals surface area contributed by atoms with Crippen LogP contribution in [0.25, 0.3) is 0 Å². The van der Waals surface area contributed by atoms with E-state index < -0.39 is 6.03 Å². The molecule has 2 aliphatic heterocycles. The van der Waals surface area contributed by atoms with Crippen LogP contribution in [0.2, 0.25) is 0 Å². The fraction of sp³-hybridized carbons (Fsp3) is 0.441. The number of anilines is 3. The minimum atomic E-state index is -0.407. The smallest absolute Gasteiger partial charge is 0.323 e. The van der Waals surface area contributed by atoms with E-state index in [-0.39, 0.29) is 23.4 Å². The van der Waals surface area contributed by atoms with Crippen LogP contribution in [0.15, 0.2) is 65.5 Å². The van der Waals surface area contributed by atoms with Gasteiger partial charge in [0.05, 0.1) is 18.5 Å². The van der Waals surface area contributed by atoms with E-state index in [1.165, 1.54) is 6.42 Å². The Balaban J connectivity index is 1.27. The van der Waals surface area contributed by atoms with E-state index in [0.717, 1.165) is 43.7 Å². The van der Waals surface area contributed by atoms with E-state index >= 15 is 0 Å². The van der Waals surface area contributed by atoms with Crippen molar-refractivity contribution in [1.29, 1.82) is 0 Å². The van der Waals surface area contributed by atoms with Crippen LogP contribution in [-0.4, -0.2) is 42.7 Å². The summed E-state index contributed by atoms with van der Waals surface area (Å²) >= 11 is 0. The molecule has 3 N–H and O–H groups in total. The second-order valence-electron chi connectivity index (χ2n) is 12.5. The predicted octanol–water partition coefficient (Wildman–Crippen LogP) is 5.68. The van der Waals surface area contributed by atoms with Gasteiger partial charge in [-0.15, -0.1) is 0 Å². The van der Waals surface area contributed by atoms with Crippen molar-refractivity contribution in [2.24, 2.45) is 17.8 Å². The van der Waals surface area contributed by atoms with Gasteiger partial charge in [0.15, 0.2) is 0 Å². The van der Waals surface area contributed by atoms with Gasteiger partial charge in [-0.05, 0) is 67.0 Å². The highest BCUT2D eigenvalue weighted by Gasteiger charge is 2.35. The Labute approximate surface area is 252 Å². The molecule has 43 heavy (non-hydrogen) atoms. The number of aromatic nitrogens is 1. The SMILES string of the molecule is COc1cccc(NC(=O)Nc2cc(C(=O)N[C@@H]3CCC[C@H](C)[C@H]3C)ccc2N2C[C@H]3C[C@@H](C2)c2cccc(=O)n2C3)c1. The minimum absolute atomic E-state index is 0.0502. The molecular formula is C34H41N5O4. The molecule has 3 aliphatic rings. The van der Waals surface area contributed by atoms with Crippen LogP contribution in [-0.2, 0) is 6.54 Å². The lowest BCUT2D eigenvalue weighted by atomic mass is 9.78. The standard InChI is InChI=1S/C34H41N5O4/c1-21-7-4-10-28(22(21)2)36-33(41)24-13-14-31(29(16-24)37-34(42)35-26-8-5-9-27(17-26)43-3)38-18-23-15-25(20-38)30-11-6-12-32(40)39(30)19-23/h5-6,8-9,11-14,16-17,21-23,25,28H,4,7,10,15,18-20H2,1-3H3,(H,36,41)(H2,35,37,42)/t21-,22+,23+,25-,28+/m0/s1. The number of nitrogens with zero attached hydrogens (tertiary/aromatic N) is 2. The number of amides is 3.